The lowest BCUT2D eigenvalue weighted by Gasteiger charge is -2.34. The molecule has 3 atom stereocenters. The molecule has 188 valence electrons. The van der Waals surface area contributed by atoms with E-state index in [2.05, 4.69) is 61.6 Å². The quantitative estimate of drug-likeness (QED) is 0.111. The minimum absolute atomic E-state index is 0.188. The van der Waals surface area contributed by atoms with Crippen molar-refractivity contribution >= 4 is 16.6 Å². The molecule has 5 heteroatoms. The predicted octanol–water partition coefficient (Wildman–Crippen LogP) is 8.64. The second kappa shape index (κ2) is 14.9. The summed E-state index contributed by atoms with van der Waals surface area (Å²) >= 11 is 0. The van der Waals surface area contributed by atoms with Crippen molar-refractivity contribution in [2.45, 2.75) is 142 Å². The van der Waals surface area contributed by atoms with Crippen LogP contribution in [-0.2, 0) is 13.6 Å². The van der Waals surface area contributed by atoms with Gasteiger partial charge in [-0.1, -0.05) is 53.7 Å². The van der Waals surface area contributed by atoms with E-state index in [1.165, 1.54) is 47.4 Å². The van der Waals surface area contributed by atoms with E-state index in [1.54, 1.807) is 0 Å². The van der Waals surface area contributed by atoms with E-state index in [-0.39, 0.29) is 12.2 Å². The Labute approximate surface area is 202 Å². The fourth-order valence-corrected chi connectivity index (χ4v) is 10.8. The van der Waals surface area contributed by atoms with E-state index in [0.29, 0.717) is 6.10 Å². The third-order valence-corrected chi connectivity index (χ3v) is 17.4. The van der Waals surface area contributed by atoms with Crippen LogP contribution in [-0.4, -0.2) is 41.6 Å². The van der Waals surface area contributed by atoms with Gasteiger partial charge in [0.15, 0.2) is 16.6 Å². The first kappa shape index (κ1) is 29.8. The van der Waals surface area contributed by atoms with Gasteiger partial charge in [0, 0.05) is 12.7 Å². The summed E-state index contributed by atoms with van der Waals surface area (Å²) in [6.45, 7) is 25.4. The number of ether oxygens (including phenoxy) is 1. The second-order valence-corrected chi connectivity index (χ2v) is 19.6. The molecular formula is C27H54O3Si2. The molecule has 1 heterocycles. The van der Waals surface area contributed by atoms with Gasteiger partial charge >= 0.3 is 0 Å². The Balaban J connectivity index is 2.53. The molecule has 1 rings (SSSR count). The van der Waals surface area contributed by atoms with E-state index >= 15 is 0 Å². The molecule has 0 radical (unpaired) electrons. The fraction of sp³-hybridized carbons (Fsp3) is 0.852. The number of rotatable bonds is 18. The third-order valence-electron chi connectivity index (χ3n) is 7.99. The molecule has 0 amide bonds. The summed E-state index contributed by atoms with van der Waals surface area (Å²) in [4.78, 5) is 0. The molecule has 1 unspecified atom stereocenters. The van der Waals surface area contributed by atoms with E-state index in [0.717, 1.165) is 45.1 Å². The Morgan fingerprint density at radius 3 is 2.03 bits per heavy atom. The van der Waals surface area contributed by atoms with E-state index in [1.807, 2.05) is 0 Å². The molecule has 0 saturated carbocycles. The van der Waals surface area contributed by atoms with Gasteiger partial charge in [-0.05, 0) is 87.3 Å². The van der Waals surface area contributed by atoms with Crippen molar-refractivity contribution in [2.75, 3.05) is 6.61 Å². The summed E-state index contributed by atoms with van der Waals surface area (Å²) in [5.74, 6) is 0. The Morgan fingerprint density at radius 2 is 1.53 bits per heavy atom. The molecule has 0 bridgehead atoms. The normalized spacial score (nSPS) is 20.7. The van der Waals surface area contributed by atoms with Crippen LogP contribution in [0.15, 0.2) is 24.3 Å². The molecule has 1 aliphatic rings. The first-order chi connectivity index (χ1) is 15.2. The maximum absolute atomic E-state index is 6.84. The van der Waals surface area contributed by atoms with Crippen LogP contribution >= 0.6 is 0 Å². The summed E-state index contributed by atoms with van der Waals surface area (Å²) < 4.78 is 19.7. The maximum Gasteiger partial charge on any atom is 0.192 e. The first-order valence-electron chi connectivity index (χ1n) is 13.5. The molecule has 1 saturated heterocycles. The molecule has 0 spiro atoms. The first-order valence-corrected chi connectivity index (χ1v) is 18.6. The van der Waals surface area contributed by atoms with Crippen LogP contribution in [0.4, 0.5) is 0 Å². The lowest BCUT2D eigenvalue weighted by Crippen LogP contribution is -2.40. The summed E-state index contributed by atoms with van der Waals surface area (Å²) in [6.07, 6.45) is 6.98. The van der Waals surface area contributed by atoms with Crippen molar-refractivity contribution in [1.82, 2.24) is 0 Å². The largest absolute Gasteiger partial charge is 0.417 e. The number of hydrogen-bond acceptors (Lipinski definition) is 3. The maximum atomic E-state index is 6.84. The number of hydrogen-bond donors (Lipinski definition) is 0. The van der Waals surface area contributed by atoms with Gasteiger partial charge in [0.25, 0.3) is 0 Å². The minimum Gasteiger partial charge on any atom is -0.417 e. The van der Waals surface area contributed by atoms with Gasteiger partial charge in [-0.2, -0.15) is 0 Å². The Morgan fingerprint density at radius 1 is 0.969 bits per heavy atom. The summed E-state index contributed by atoms with van der Waals surface area (Å²) in [6, 6.07) is 7.27. The highest BCUT2D eigenvalue weighted by Gasteiger charge is 2.34. The van der Waals surface area contributed by atoms with E-state index in [9.17, 15) is 0 Å². The van der Waals surface area contributed by atoms with Crippen LogP contribution in [0.5, 0.6) is 0 Å². The van der Waals surface area contributed by atoms with Crippen molar-refractivity contribution < 1.29 is 13.6 Å². The lowest BCUT2D eigenvalue weighted by atomic mass is 10.00. The SMILES string of the molecule is C=C(C)C[C@H](CC[C@@H]1OC(CCCO[Si](CC)(CC)CC)CC1=C)O[Si](CC)(CC)CC. The van der Waals surface area contributed by atoms with Crippen molar-refractivity contribution in [3.8, 4) is 0 Å². The van der Waals surface area contributed by atoms with E-state index < -0.39 is 16.6 Å². The molecule has 1 aliphatic heterocycles. The molecule has 32 heavy (non-hydrogen) atoms. The zero-order valence-corrected chi connectivity index (χ0v) is 24.6. The highest BCUT2D eigenvalue weighted by atomic mass is 28.4. The van der Waals surface area contributed by atoms with Crippen LogP contribution in [0.25, 0.3) is 0 Å². The van der Waals surface area contributed by atoms with E-state index in [4.69, 9.17) is 13.6 Å². The molecule has 0 aromatic heterocycles. The molecule has 0 aromatic carbocycles. The minimum atomic E-state index is -1.62. The average Bonchev–Trinajstić information content (AvgIpc) is 3.15. The van der Waals surface area contributed by atoms with Crippen LogP contribution < -0.4 is 0 Å². The average molecular weight is 483 g/mol. The monoisotopic (exact) mass is 482 g/mol. The standard InChI is InChI=1S/C27H54O3Si2/c1-10-31(11-2,12-3)28-20-16-17-25-22-24(9)27(29-25)19-18-26(21-23(7)8)30-32(13-4,14-5)15-6/h25-27H,7,9-22H2,1-6,8H3/t25?,26-,27-/m0/s1. The van der Waals surface area contributed by atoms with Crippen molar-refractivity contribution in [3.05, 3.63) is 24.3 Å². The van der Waals surface area contributed by atoms with Gasteiger partial charge in [0.05, 0.1) is 12.2 Å². The molecule has 1 fully saturated rings. The van der Waals surface area contributed by atoms with Crippen molar-refractivity contribution in [1.29, 1.82) is 0 Å². The van der Waals surface area contributed by atoms with Crippen LogP contribution in [0.3, 0.4) is 0 Å². The van der Waals surface area contributed by atoms with Gasteiger partial charge in [-0.15, -0.1) is 6.58 Å². The van der Waals surface area contributed by atoms with Gasteiger partial charge in [0.2, 0.25) is 0 Å². The van der Waals surface area contributed by atoms with Crippen molar-refractivity contribution in [2.24, 2.45) is 0 Å². The van der Waals surface area contributed by atoms with Crippen molar-refractivity contribution in [3.63, 3.8) is 0 Å². The Hall–Kier alpha value is -0.206. The fourth-order valence-electron chi connectivity index (χ4n) is 5.18. The van der Waals surface area contributed by atoms with Gasteiger partial charge in [0.1, 0.15) is 0 Å². The Bertz CT molecular complexity index is 539. The zero-order chi connectivity index (χ0) is 24.2. The summed E-state index contributed by atoms with van der Waals surface area (Å²) in [7, 11) is -3.08. The summed E-state index contributed by atoms with van der Waals surface area (Å²) in [5, 5.41) is 0. The van der Waals surface area contributed by atoms with Gasteiger partial charge in [-0.3, -0.25) is 0 Å². The molecular weight excluding hydrogens is 428 g/mol. The summed E-state index contributed by atoms with van der Waals surface area (Å²) in [5.41, 5.74) is 2.49. The molecule has 0 N–H and O–H groups in total. The Kier molecular flexibility index (Phi) is 13.9. The predicted molar refractivity (Wildman–Crippen MR) is 146 cm³/mol. The highest BCUT2D eigenvalue weighted by Crippen LogP contribution is 2.33. The molecule has 0 aromatic rings. The molecule has 0 aliphatic carbocycles. The second-order valence-electron chi connectivity index (χ2n) is 10.1. The van der Waals surface area contributed by atoms with Crippen LogP contribution in [0, 0.1) is 0 Å². The molecule has 3 nitrogen and oxygen atoms in total. The third kappa shape index (κ3) is 9.21. The highest BCUT2D eigenvalue weighted by molar-refractivity contribution is 6.74. The van der Waals surface area contributed by atoms with Gasteiger partial charge in [-0.25, -0.2) is 0 Å². The van der Waals surface area contributed by atoms with Crippen LogP contribution in [0.2, 0.25) is 36.3 Å². The van der Waals surface area contributed by atoms with Gasteiger partial charge < -0.3 is 13.6 Å². The lowest BCUT2D eigenvalue weighted by molar-refractivity contribution is 0.0320. The topological polar surface area (TPSA) is 27.7 Å². The smallest absolute Gasteiger partial charge is 0.192 e. The zero-order valence-electron chi connectivity index (χ0n) is 22.6. The van der Waals surface area contributed by atoms with Crippen LogP contribution in [0.1, 0.15) is 87.0 Å².